The quantitative estimate of drug-likeness (QED) is 0.221. The number of ether oxygens (including phenoxy) is 2. The highest BCUT2D eigenvalue weighted by Gasteiger charge is 2.77. The first-order valence-corrected chi connectivity index (χ1v) is 16.4. The SMILES string of the molecule is C/C(=C/C(=O)OC(C)[C@@]1(O)CC[C@@]2(O)[C@@H]3CC(O)=C4CC(O)CC[C@]4(C)[C@H]3CC(OC(=O)/C=C/c3ccccc3)[C@@]21C)C(C)C. The van der Waals surface area contributed by atoms with Crippen molar-refractivity contribution in [2.45, 2.75) is 116 Å². The maximum atomic E-state index is 13.4. The Labute approximate surface area is 266 Å². The van der Waals surface area contributed by atoms with Crippen LogP contribution >= 0.6 is 0 Å². The molecule has 0 saturated heterocycles. The van der Waals surface area contributed by atoms with Gasteiger partial charge in [-0.15, -0.1) is 0 Å². The summed E-state index contributed by atoms with van der Waals surface area (Å²) in [6.45, 7) is 11.3. The van der Waals surface area contributed by atoms with Gasteiger partial charge in [-0.3, -0.25) is 0 Å². The number of aliphatic hydroxyl groups is 4. The number of aliphatic hydroxyl groups excluding tert-OH is 2. The molecule has 0 amide bonds. The number of benzene rings is 1. The summed E-state index contributed by atoms with van der Waals surface area (Å²) in [4.78, 5) is 26.4. The smallest absolute Gasteiger partial charge is 0.331 e. The van der Waals surface area contributed by atoms with Gasteiger partial charge in [-0.25, -0.2) is 9.59 Å². The Balaban J connectivity index is 1.55. The second-order valence-corrected chi connectivity index (χ2v) is 14.7. The maximum absolute atomic E-state index is 13.4. The summed E-state index contributed by atoms with van der Waals surface area (Å²) in [5, 5.41) is 47.3. The van der Waals surface area contributed by atoms with Crippen LogP contribution in [-0.4, -0.2) is 61.9 Å². The van der Waals surface area contributed by atoms with Gasteiger partial charge in [0, 0.05) is 18.6 Å². The van der Waals surface area contributed by atoms with E-state index in [1.165, 1.54) is 12.2 Å². The van der Waals surface area contributed by atoms with Crippen LogP contribution in [0, 0.1) is 28.6 Å². The highest BCUT2D eigenvalue weighted by Crippen LogP contribution is 2.70. The first kappa shape index (κ1) is 33.4. The van der Waals surface area contributed by atoms with Crippen molar-refractivity contribution in [3.63, 3.8) is 0 Å². The Morgan fingerprint density at radius 2 is 1.67 bits per heavy atom. The molecule has 0 aromatic heterocycles. The minimum atomic E-state index is -1.74. The zero-order chi connectivity index (χ0) is 32.9. The van der Waals surface area contributed by atoms with E-state index in [-0.39, 0.29) is 36.9 Å². The zero-order valence-electron chi connectivity index (χ0n) is 27.5. The van der Waals surface area contributed by atoms with E-state index in [9.17, 15) is 30.0 Å². The monoisotopic (exact) mass is 622 g/mol. The number of rotatable bonds is 7. The largest absolute Gasteiger partial charge is 0.512 e. The molecule has 9 atom stereocenters. The van der Waals surface area contributed by atoms with E-state index in [2.05, 4.69) is 6.92 Å². The standard InChI is InChI=1S/C37H50O8/c1-22(2)23(3)18-33(41)44-24(4)36(42)16-17-37(43)28-20-30(39)29-19-26(38)14-15-34(29,5)27(28)21-31(35(36,37)6)45-32(40)13-12-25-10-8-7-9-11-25/h7-13,18,22,24,26-28,31,38-39,42-43H,14-17,19-21H2,1-6H3/b13-12+,23-18-/t24?,26?,27-,28+,31?,34+,35+,36-,37+/m0/s1. The first-order chi connectivity index (χ1) is 21.1. The molecule has 4 aliphatic rings. The number of carbonyl (C=O) groups is 2. The summed E-state index contributed by atoms with van der Waals surface area (Å²) in [5.41, 5.74) is -2.76. The van der Waals surface area contributed by atoms with Crippen LogP contribution in [0.15, 0.2) is 59.4 Å². The van der Waals surface area contributed by atoms with Crippen LogP contribution in [0.25, 0.3) is 6.08 Å². The van der Waals surface area contributed by atoms with Crippen molar-refractivity contribution in [3.8, 4) is 0 Å². The molecule has 5 rings (SSSR count). The fourth-order valence-electron chi connectivity index (χ4n) is 9.12. The molecule has 4 N–H and O–H groups in total. The molecular weight excluding hydrogens is 572 g/mol. The van der Waals surface area contributed by atoms with Gasteiger partial charge in [0.1, 0.15) is 17.8 Å². The molecule has 0 heterocycles. The van der Waals surface area contributed by atoms with E-state index in [0.717, 1.165) is 16.7 Å². The van der Waals surface area contributed by atoms with E-state index >= 15 is 0 Å². The summed E-state index contributed by atoms with van der Waals surface area (Å²) in [6.07, 6.45) is 4.35. The molecule has 3 saturated carbocycles. The number of allylic oxidation sites excluding steroid dienone is 2. The van der Waals surface area contributed by atoms with Crippen LogP contribution in [0.3, 0.4) is 0 Å². The molecule has 8 heteroatoms. The van der Waals surface area contributed by atoms with Crippen LogP contribution in [0.5, 0.6) is 0 Å². The van der Waals surface area contributed by atoms with Gasteiger partial charge in [0.15, 0.2) is 0 Å². The third-order valence-electron chi connectivity index (χ3n) is 12.3. The Bertz CT molecular complexity index is 1400. The van der Waals surface area contributed by atoms with E-state index in [4.69, 9.17) is 9.47 Å². The third kappa shape index (κ3) is 5.47. The summed E-state index contributed by atoms with van der Waals surface area (Å²) in [7, 11) is 0. The minimum Gasteiger partial charge on any atom is -0.512 e. The second kappa shape index (κ2) is 12.0. The van der Waals surface area contributed by atoms with Gasteiger partial charge in [0.05, 0.1) is 22.9 Å². The van der Waals surface area contributed by atoms with Crippen molar-refractivity contribution in [2.24, 2.45) is 28.6 Å². The van der Waals surface area contributed by atoms with Gasteiger partial charge >= 0.3 is 11.9 Å². The normalized spacial score (nSPS) is 38.8. The van der Waals surface area contributed by atoms with Crippen molar-refractivity contribution in [1.82, 2.24) is 0 Å². The fraction of sp³-hybridized carbons (Fsp3) is 0.622. The van der Waals surface area contributed by atoms with Gasteiger partial charge in [0.25, 0.3) is 0 Å². The first-order valence-electron chi connectivity index (χ1n) is 16.4. The average Bonchev–Trinajstić information content (AvgIpc) is 3.22. The van der Waals surface area contributed by atoms with Gasteiger partial charge in [0.2, 0.25) is 0 Å². The Kier molecular flexibility index (Phi) is 8.92. The molecule has 0 bridgehead atoms. The highest BCUT2D eigenvalue weighted by atomic mass is 16.6. The minimum absolute atomic E-state index is 0.116. The lowest BCUT2D eigenvalue weighted by molar-refractivity contribution is -0.280. The lowest BCUT2D eigenvalue weighted by Gasteiger charge is -2.64. The van der Waals surface area contributed by atoms with E-state index in [1.54, 1.807) is 19.9 Å². The molecule has 0 aliphatic heterocycles. The maximum Gasteiger partial charge on any atom is 0.331 e. The molecule has 3 fully saturated rings. The number of hydrogen-bond donors (Lipinski definition) is 4. The molecule has 8 nitrogen and oxygen atoms in total. The van der Waals surface area contributed by atoms with E-state index in [0.29, 0.717) is 25.7 Å². The molecule has 4 aliphatic carbocycles. The lowest BCUT2D eigenvalue weighted by Crippen LogP contribution is -2.72. The molecule has 3 unspecified atom stereocenters. The zero-order valence-corrected chi connectivity index (χ0v) is 27.5. The third-order valence-corrected chi connectivity index (χ3v) is 12.3. The van der Waals surface area contributed by atoms with Crippen molar-refractivity contribution in [1.29, 1.82) is 0 Å². The summed E-state index contributed by atoms with van der Waals surface area (Å²) in [5.74, 6) is -1.46. The number of fused-ring (bicyclic) bond motifs is 5. The Morgan fingerprint density at radius 1 is 0.978 bits per heavy atom. The van der Waals surface area contributed by atoms with Crippen LogP contribution in [0.1, 0.15) is 92.1 Å². The highest BCUT2D eigenvalue weighted by molar-refractivity contribution is 5.87. The predicted molar refractivity (Wildman–Crippen MR) is 171 cm³/mol. The summed E-state index contributed by atoms with van der Waals surface area (Å²) in [6, 6.07) is 9.38. The predicted octanol–water partition coefficient (Wildman–Crippen LogP) is 5.81. The number of carbonyl (C=O) groups excluding carboxylic acids is 2. The average molecular weight is 623 g/mol. The number of hydrogen-bond acceptors (Lipinski definition) is 8. The van der Waals surface area contributed by atoms with Gasteiger partial charge in [-0.05, 0) is 92.8 Å². The van der Waals surface area contributed by atoms with Crippen molar-refractivity contribution < 1.29 is 39.5 Å². The summed E-state index contributed by atoms with van der Waals surface area (Å²) < 4.78 is 12.1. The van der Waals surface area contributed by atoms with E-state index in [1.807, 2.05) is 51.1 Å². The van der Waals surface area contributed by atoms with Gasteiger partial charge in [-0.2, -0.15) is 0 Å². The topological polar surface area (TPSA) is 134 Å². The molecule has 1 aromatic carbocycles. The molecule has 0 spiro atoms. The van der Waals surface area contributed by atoms with Crippen molar-refractivity contribution in [3.05, 3.63) is 65.0 Å². The number of esters is 2. The van der Waals surface area contributed by atoms with Gasteiger partial charge in [-0.1, -0.05) is 63.6 Å². The second-order valence-electron chi connectivity index (χ2n) is 14.7. The van der Waals surface area contributed by atoms with Crippen LogP contribution in [-0.2, 0) is 19.1 Å². The van der Waals surface area contributed by atoms with E-state index < -0.39 is 58.2 Å². The molecule has 45 heavy (non-hydrogen) atoms. The molecular formula is C37H50O8. The molecule has 0 radical (unpaired) electrons. The van der Waals surface area contributed by atoms with Crippen molar-refractivity contribution >= 4 is 18.0 Å². The molecule has 246 valence electrons. The lowest BCUT2D eigenvalue weighted by atomic mass is 9.44. The van der Waals surface area contributed by atoms with Crippen LogP contribution in [0.2, 0.25) is 0 Å². The van der Waals surface area contributed by atoms with Crippen LogP contribution < -0.4 is 0 Å². The molecule has 1 aromatic rings. The Morgan fingerprint density at radius 3 is 2.33 bits per heavy atom. The Hall–Kier alpha value is -2.94. The fourth-order valence-corrected chi connectivity index (χ4v) is 9.12. The summed E-state index contributed by atoms with van der Waals surface area (Å²) >= 11 is 0. The van der Waals surface area contributed by atoms with Crippen LogP contribution in [0.4, 0.5) is 0 Å². The van der Waals surface area contributed by atoms with Crippen molar-refractivity contribution in [2.75, 3.05) is 0 Å². The van der Waals surface area contributed by atoms with Gasteiger partial charge < -0.3 is 29.9 Å².